The minimum Gasteiger partial charge on any atom is -0.323 e. The van der Waals surface area contributed by atoms with Crippen molar-refractivity contribution >= 4 is 11.9 Å². The van der Waals surface area contributed by atoms with Crippen molar-refractivity contribution in [2.75, 3.05) is 20.1 Å². The zero-order valence-corrected chi connectivity index (χ0v) is 8.46. The maximum Gasteiger partial charge on any atom is 0.322 e. The van der Waals surface area contributed by atoms with Crippen LogP contribution in [0.2, 0.25) is 0 Å². The Morgan fingerprint density at radius 3 is 2.71 bits per heavy atom. The Morgan fingerprint density at radius 1 is 1.50 bits per heavy atom. The second kappa shape index (κ2) is 2.95. The van der Waals surface area contributed by atoms with E-state index in [0.717, 1.165) is 13.1 Å². The summed E-state index contributed by atoms with van der Waals surface area (Å²) in [6.07, 6.45) is 0.697. The second-order valence-electron chi connectivity index (χ2n) is 4.29. The number of hydrogen-bond donors (Lipinski definition) is 2. The quantitative estimate of drug-likeness (QED) is 0.516. The van der Waals surface area contributed by atoms with Gasteiger partial charge in [0.2, 0.25) is 0 Å². The van der Waals surface area contributed by atoms with Gasteiger partial charge in [0.05, 0.1) is 0 Å². The van der Waals surface area contributed by atoms with E-state index in [2.05, 4.69) is 15.5 Å². The van der Waals surface area contributed by atoms with Gasteiger partial charge in [0.25, 0.3) is 5.91 Å². The predicted molar refractivity (Wildman–Crippen MR) is 50.7 cm³/mol. The number of rotatable bonds is 0. The van der Waals surface area contributed by atoms with Crippen LogP contribution in [-0.4, -0.2) is 42.5 Å². The van der Waals surface area contributed by atoms with Crippen LogP contribution >= 0.6 is 0 Å². The van der Waals surface area contributed by atoms with Crippen molar-refractivity contribution in [3.05, 3.63) is 0 Å². The number of carbonyl (C=O) groups excluding carboxylic acids is 2. The number of amides is 3. The third-order valence-corrected chi connectivity index (χ3v) is 3.28. The molecule has 3 amide bonds. The van der Waals surface area contributed by atoms with E-state index in [0.29, 0.717) is 6.42 Å². The van der Waals surface area contributed by atoms with E-state index >= 15 is 0 Å². The molecule has 2 N–H and O–H groups in total. The molecule has 0 aliphatic carbocycles. The molecule has 0 bridgehead atoms. The molecule has 5 heteroatoms. The normalized spacial score (nSPS) is 38.6. The minimum absolute atomic E-state index is 0.160. The van der Waals surface area contributed by atoms with E-state index in [9.17, 15) is 9.59 Å². The van der Waals surface area contributed by atoms with Crippen LogP contribution in [0.4, 0.5) is 4.79 Å². The molecular weight excluding hydrogens is 182 g/mol. The Morgan fingerprint density at radius 2 is 2.21 bits per heavy atom. The van der Waals surface area contributed by atoms with E-state index in [1.807, 2.05) is 14.0 Å². The van der Waals surface area contributed by atoms with Gasteiger partial charge in [-0.1, -0.05) is 6.92 Å². The van der Waals surface area contributed by atoms with E-state index in [4.69, 9.17) is 0 Å². The van der Waals surface area contributed by atoms with Crippen molar-refractivity contribution in [2.45, 2.75) is 18.9 Å². The molecule has 5 nitrogen and oxygen atoms in total. The lowest BCUT2D eigenvalue weighted by Gasteiger charge is -2.40. The van der Waals surface area contributed by atoms with E-state index < -0.39 is 5.54 Å². The van der Waals surface area contributed by atoms with Crippen molar-refractivity contribution in [3.63, 3.8) is 0 Å². The molecule has 78 valence electrons. The average Bonchev–Trinajstić information content (AvgIpc) is 2.37. The van der Waals surface area contributed by atoms with Crippen LogP contribution in [0.15, 0.2) is 0 Å². The SMILES string of the molecule is C[C@@H]1CN(C)CC[C@@]12NC(=O)NC2=O. The van der Waals surface area contributed by atoms with E-state index in [-0.39, 0.29) is 17.9 Å². The lowest BCUT2D eigenvalue weighted by molar-refractivity contribution is -0.127. The maximum absolute atomic E-state index is 11.7. The number of nitrogens with one attached hydrogen (secondary N) is 2. The van der Waals surface area contributed by atoms with Crippen LogP contribution in [0.5, 0.6) is 0 Å². The van der Waals surface area contributed by atoms with Crippen molar-refractivity contribution in [3.8, 4) is 0 Å². The molecule has 2 fully saturated rings. The third kappa shape index (κ3) is 1.19. The fraction of sp³-hybridized carbons (Fsp3) is 0.778. The van der Waals surface area contributed by atoms with Crippen molar-refractivity contribution in [1.82, 2.24) is 15.5 Å². The highest BCUT2D eigenvalue weighted by atomic mass is 16.2. The topological polar surface area (TPSA) is 61.4 Å². The summed E-state index contributed by atoms with van der Waals surface area (Å²) in [6.45, 7) is 3.69. The zero-order valence-electron chi connectivity index (χ0n) is 8.46. The van der Waals surface area contributed by atoms with Gasteiger partial charge in [-0.05, 0) is 13.5 Å². The van der Waals surface area contributed by atoms with Crippen LogP contribution in [0, 0.1) is 5.92 Å². The molecule has 0 aromatic carbocycles. The van der Waals surface area contributed by atoms with Gasteiger partial charge in [0.15, 0.2) is 0 Å². The van der Waals surface area contributed by atoms with E-state index in [1.165, 1.54) is 0 Å². The molecule has 0 aromatic heterocycles. The highest BCUT2D eigenvalue weighted by Gasteiger charge is 2.51. The van der Waals surface area contributed by atoms with Crippen LogP contribution in [-0.2, 0) is 4.79 Å². The number of nitrogens with zero attached hydrogens (tertiary/aromatic N) is 1. The molecule has 2 aliphatic heterocycles. The molecule has 2 saturated heterocycles. The highest BCUT2D eigenvalue weighted by Crippen LogP contribution is 2.29. The first-order valence-electron chi connectivity index (χ1n) is 4.87. The lowest BCUT2D eigenvalue weighted by Crippen LogP contribution is -2.59. The number of urea groups is 1. The molecule has 0 saturated carbocycles. The molecule has 0 aromatic rings. The van der Waals surface area contributed by atoms with Crippen molar-refractivity contribution in [2.24, 2.45) is 5.92 Å². The van der Waals surface area contributed by atoms with Crippen LogP contribution in [0.1, 0.15) is 13.3 Å². The van der Waals surface area contributed by atoms with Crippen LogP contribution in [0.25, 0.3) is 0 Å². The van der Waals surface area contributed by atoms with Gasteiger partial charge in [0.1, 0.15) is 5.54 Å². The highest BCUT2D eigenvalue weighted by molar-refractivity contribution is 6.07. The summed E-state index contributed by atoms with van der Waals surface area (Å²) in [4.78, 5) is 24.9. The third-order valence-electron chi connectivity index (χ3n) is 3.28. The summed E-state index contributed by atoms with van der Waals surface area (Å²) in [5.41, 5.74) is -0.649. The van der Waals surface area contributed by atoms with Gasteiger partial charge in [-0.15, -0.1) is 0 Å². The molecule has 0 radical (unpaired) electrons. The summed E-state index contributed by atoms with van der Waals surface area (Å²) in [5.74, 6) is -0.00389. The first-order valence-corrected chi connectivity index (χ1v) is 4.87. The van der Waals surface area contributed by atoms with Gasteiger partial charge in [-0.3, -0.25) is 10.1 Å². The summed E-state index contributed by atoms with van der Waals surface area (Å²) < 4.78 is 0. The monoisotopic (exact) mass is 197 g/mol. The minimum atomic E-state index is -0.649. The van der Waals surface area contributed by atoms with Crippen molar-refractivity contribution in [1.29, 1.82) is 0 Å². The number of hydrogen-bond acceptors (Lipinski definition) is 3. The number of piperidine rings is 1. The number of carbonyl (C=O) groups is 2. The largest absolute Gasteiger partial charge is 0.323 e. The van der Waals surface area contributed by atoms with Gasteiger partial charge >= 0.3 is 6.03 Å². The standard InChI is InChI=1S/C9H15N3O2/c1-6-5-12(2)4-3-9(6)7(13)10-8(14)11-9/h6H,3-5H2,1-2H3,(H2,10,11,13,14)/t6-,9-/m1/s1. The summed E-state index contributed by atoms with van der Waals surface area (Å²) in [6, 6.07) is -0.355. The molecule has 2 rings (SSSR count). The van der Waals surface area contributed by atoms with Crippen LogP contribution in [0.3, 0.4) is 0 Å². The predicted octanol–water partition coefficient (Wildman–Crippen LogP) is -0.464. The Balaban J connectivity index is 2.23. The Hall–Kier alpha value is -1.10. The summed E-state index contributed by atoms with van der Waals surface area (Å²) in [5, 5.41) is 5.08. The van der Waals surface area contributed by atoms with E-state index in [1.54, 1.807) is 0 Å². The van der Waals surface area contributed by atoms with Gasteiger partial charge in [0, 0.05) is 19.0 Å². The molecule has 2 atom stereocenters. The second-order valence-corrected chi connectivity index (χ2v) is 4.29. The molecule has 2 heterocycles. The zero-order chi connectivity index (χ0) is 10.3. The van der Waals surface area contributed by atoms with Gasteiger partial charge in [-0.2, -0.15) is 0 Å². The lowest BCUT2D eigenvalue weighted by atomic mass is 9.79. The Kier molecular flexibility index (Phi) is 1.99. The molecule has 2 aliphatic rings. The first kappa shape index (κ1) is 9.45. The fourth-order valence-corrected chi connectivity index (χ4v) is 2.36. The fourth-order valence-electron chi connectivity index (χ4n) is 2.36. The van der Waals surface area contributed by atoms with Gasteiger partial charge < -0.3 is 10.2 Å². The molecule has 1 spiro atoms. The number of likely N-dealkylation sites (tertiary alicyclic amines) is 1. The number of imide groups is 1. The smallest absolute Gasteiger partial charge is 0.322 e. The Bertz CT molecular complexity index is 292. The summed E-state index contributed by atoms with van der Waals surface area (Å²) in [7, 11) is 2.03. The van der Waals surface area contributed by atoms with Crippen LogP contribution < -0.4 is 10.6 Å². The maximum atomic E-state index is 11.7. The average molecular weight is 197 g/mol. The van der Waals surface area contributed by atoms with Gasteiger partial charge in [-0.25, -0.2) is 4.79 Å². The molecule has 14 heavy (non-hydrogen) atoms. The first-order chi connectivity index (χ1) is 6.54. The summed E-state index contributed by atoms with van der Waals surface area (Å²) >= 11 is 0. The molecule has 0 unspecified atom stereocenters. The Labute approximate surface area is 82.8 Å². The molecular formula is C9H15N3O2. The van der Waals surface area contributed by atoms with Crippen molar-refractivity contribution < 1.29 is 9.59 Å².